The van der Waals surface area contributed by atoms with Gasteiger partial charge >= 0.3 is 0 Å². The summed E-state index contributed by atoms with van der Waals surface area (Å²) in [7, 11) is 0. The topological polar surface area (TPSA) is 74.8 Å². The summed E-state index contributed by atoms with van der Waals surface area (Å²) in [5.74, 6) is -0.316. The maximum absolute atomic E-state index is 11.7. The van der Waals surface area contributed by atoms with Gasteiger partial charge in [0, 0.05) is 17.1 Å². The highest BCUT2D eigenvalue weighted by Crippen LogP contribution is 2.14. The highest BCUT2D eigenvalue weighted by atomic mass is 35.5. The van der Waals surface area contributed by atoms with E-state index in [1.165, 1.54) is 0 Å². The molecule has 4 N–H and O–H groups in total. The van der Waals surface area contributed by atoms with Crippen molar-refractivity contribution in [3.05, 3.63) is 34.9 Å². The molecule has 6 heteroatoms. The van der Waals surface area contributed by atoms with Gasteiger partial charge in [0.15, 0.2) is 6.54 Å². The largest absolute Gasteiger partial charge is 0.355 e. The van der Waals surface area contributed by atoms with Gasteiger partial charge in [-0.2, -0.15) is 0 Å². The van der Waals surface area contributed by atoms with Gasteiger partial charge in [0.1, 0.15) is 6.04 Å². The zero-order valence-electron chi connectivity index (χ0n) is 12.5. The van der Waals surface area contributed by atoms with Crippen LogP contribution in [-0.4, -0.2) is 31.4 Å². The molecule has 0 aliphatic heterocycles. The molecule has 2 amide bonds. The zero-order valence-corrected chi connectivity index (χ0v) is 13.2. The van der Waals surface area contributed by atoms with Crippen molar-refractivity contribution in [3.63, 3.8) is 0 Å². The third-order valence-electron chi connectivity index (χ3n) is 3.05. The van der Waals surface area contributed by atoms with Crippen molar-refractivity contribution in [1.29, 1.82) is 0 Å². The molecular formula is C15H23ClN3O2+. The van der Waals surface area contributed by atoms with Crippen LogP contribution in [0.1, 0.15) is 31.9 Å². The van der Waals surface area contributed by atoms with Crippen LogP contribution < -0.4 is 16.0 Å². The van der Waals surface area contributed by atoms with Gasteiger partial charge in [-0.25, -0.2) is 0 Å². The minimum absolute atomic E-state index is 0.0260. The highest BCUT2D eigenvalue weighted by molar-refractivity contribution is 6.30. The van der Waals surface area contributed by atoms with E-state index in [1.807, 2.05) is 43.4 Å². The summed E-state index contributed by atoms with van der Waals surface area (Å²) in [6.07, 6.45) is 0.880. The van der Waals surface area contributed by atoms with Crippen LogP contribution in [0.4, 0.5) is 0 Å². The molecular weight excluding hydrogens is 290 g/mol. The van der Waals surface area contributed by atoms with Crippen LogP contribution in [0.2, 0.25) is 5.02 Å². The summed E-state index contributed by atoms with van der Waals surface area (Å²) >= 11 is 5.94. The Morgan fingerprint density at radius 2 is 2.05 bits per heavy atom. The van der Waals surface area contributed by atoms with Crippen molar-refractivity contribution in [3.8, 4) is 0 Å². The number of hydrogen-bond donors (Lipinski definition) is 3. The SMILES string of the molecule is CCCNC(=O)CNC(=O)C[NH2+][C@@H](C)c1cccc(Cl)c1. The van der Waals surface area contributed by atoms with Gasteiger partial charge in [-0.3, -0.25) is 9.59 Å². The first-order chi connectivity index (χ1) is 10.0. The monoisotopic (exact) mass is 312 g/mol. The van der Waals surface area contributed by atoms with E-state index in [-0.39, 0.29) is 30.9 Å². The summed E-state index contributed by atoms with van der Waals surface area (Å²) in [5.41, 5.74) is 1.07. The number of rotatable bonds is 8. The molecule has 1 atom stereocenters. The van der Waals surface area contributed by atoms with Gasteiger partial charge in [-0.1, -0.05) is 30.7 Å². The first-order valence-corrected chi connectivity index (χ1v) is 7.53. The number of nitrogens with one attached hydrogen (secondary N) is 2. The molecule has 0 fully saturated rings. The molecule has 0 spiro atoms. The Kier molecular flexibility index (Phi) is 7.79. The van der Waals surface area contributed by atoms with Crippen molar-refractivity contribution in [2.24, 2.45) is 0 Å². The Balaban J connectivity index is 2.28. The van der Waals surface area contributed by atoms with Gasteiger partial charge in [-0.15, -0.1) is 0 Å². The summed E-state index contributed by atoms with van der Waals surface area (Å²) in [6.45, 7) is 4.91. The molecule has 1 aromatic carbocycles. The van der Waals surface area contributed by atoms with E-state index in [0.717, 1.165) is 12.0 Å². The fourth-order valence-electron chi connectivity index (χ4n) is 1.79. The molecule has 5 nitrogen and oxygen atoms in total. The van der Waals surface area contributed by atoms with E-state index in [2.05, 4.69) is 10.6 Å². The molecule has 0 aromatic heterocycles. The van der Waals surface area contributed by atoms with E-state index < -0.39 is 0 Å². The summed E-state index contributed by atoms with van der Waals surface area (Å²) in [4.78, 5) is 23.0. The van der Waals surface area contributed by atoms with E-state index in [1.54, 1.807) is 0 Å². The first-order valence-electron chi connectivity index (χ1n) is 7.15. The summed E-state index contributed by atoms with van der Waals surface area (Å²) < 4.78 is 0. The molecule has 0 saturated carbocycles. The second-order valence-corrected chi connectivity index (χ2v) is 5.35. The number of carbonyl (C=O) groups excluding carboxylic acids is 2. The smallest absolute Gasteiger partial charge is 0.275 e. The molecule has 0 aliphatic carbocycles. The Labute approximate surface area is 130 Å². The van der Waals surface area contributed by atoms with Crippen LogP contribution in [0.5, 0.6) is 0 Å². The maximum Gasteiger partial charge on any atom is 0.275 e. The zero-order chi connectivity index (χ0) is 15.7. The van der Waals surface area contributed by atoms with Crippen molar-refractivity contribution in [2.45, 2.75) is 26.3 Å². The van der Waals surface area contributed by atoms with Crippen LogP contribution in [0.15, 0.2) is 24.3 Å². The Hall–Kier alpha value is -1.59. The van der Waals surface area contributed by atoms with Gasteiger partial charge in [0.2, 0.25) is 5.91 Å². The quantitative estimate of drug-likeness (QED) is 0.658. The summed E-state index contributed by atoms with van der Waals surface area (Å²) in [6, 6.07) is 7.70. The van der Waals surface area contributed by atoms with Gasteiger partial charge < -0.3 is 16.0 Å². The van der Waals surface area contributed by atoms with Crippen molar-refractivity contribution in [1.82, 2.24) is 10.6 Å². The fourth-order valence-corrected chi connectivity index (χ4v) is 1.99. The average Bonchev–Trinajstić information content (AvgIpc) is 2.48. The van der Waals surface area contributed by atoms with Crippen LogP contribution in [-0.2, 0) is 9.59 Å². The summed E-state index contributed by atoms with van der Waals surface area (Å²) in [5, 5.41) is 7.90. The Bertz CT molecular complexity index is 480. The number of quaternary nitrogens is 1. The molecule has 0 unspecified atom stereocenters. The van der Waals surface area contributed by atoms with Crippen LogP contribution in [0.3, 0.4) is 0 Å². The van der Waals surface area contributed by atoms with Crippen LogP contribution in [0, 0.1) is 0 Å². The van der Waals surface area contributed by atoms with E-state index >= 15 is 0 Å². The lowest BCUT2D eigenvalue weighted by Gasteiger charge is -2.11. The fraction of sp³-hybridized carbons (Fsp3) is 0.467. The molecule has 116 valence electrons. The molecule has 0 radical (unpaired) electrons. The minimum atomic E-state index is -0.159. The third-order valence-corrected chi connectivity index (χ3v) is 3.28. The predicted molar refractivity (Wildman–Crippen MR) is 83.0 cm³/mol. The predicted octanol–water partition coefficient (Wildman–Crippen LogP) is 0.607. The lowest BCUT2D eigenvalue weighted by Crippen LogP contribution is -2.87. The normalized spacial score (nSPS) is 11.8. The van der Waals surface area contributed by atoms with Crippen molar-refractivity contribution >= 4 is 23.4 Å². The number of nitrogens with two attached hydrogens (primary N) is 1. The lowest BCUT2D eigenvalue weighted by molar-refractivity contribution is -0.682. The molecule has 21 heavy (non-hydrogen) atoms. The minimum Gasteiger partial charge on any atom is -0.355 e. The molecule has 0 saturated heterocycles. The Morgan fingerprint density at radius 1 is 1.29 bits per heavy atom. The molecule has 1 rings (SSSR count). The number of benzene rings is 1. The van der Waals surface area contributed by atoms with E-state index in [0.29, 0.717) is 11.6 Å². The number of amides is 2. The van der Waals surface area contributed by atoms with Crippen molar-refractivity contribution < 1.29 is 14.9 Å². The van der Waals surface area contributed by atoms with Gasteiger partial charge in [0.25, 0.3) is 5.91 Å². The van der Waals surface area contributed by atoms with Gasteiger partial charge in [-0.05, 0) is 25.5 Å². The Morgan fingerprint density at radius 3 is 2.71 bits per heavy atom. The van der Waals surface area contributed by atoms with E-state index in [4.69, 9.17) is 11.6 Å². The number of carbonyl (C=O) groups is 2. The second-order valence-electron chi connectivity index (χ2n) is 4.91. The molecule has 0 aliphatic rings. The lowest BCUT2D eigenvalue weighted by atomic mass is 10.1. The van der Waals surface area contributed by atoms with Crippen molar-refractivity contribution in [2.75, 3.05) is 19.6 Å². The first kappa shape index (κ1) is 17.5. The maximum atomic E-state index is 11.7. The standard InChI is InChI=1S/C15H22ClN3O2/c1-3-7-17-14(20)10-19-15(21)9-18-11(2)12-5-4-6-13(16)8-12/h4-6,8,11,18H,3,7,9-10H2,1-2H3,(H,17,20)(H,19,21)/p+1/t11-/m0/s1. The van der Waals surface area contributed by atoms with Crippen LogP contribution >= 0.6 is 11.6 Å². The molecule has 1 aromatic rings. The number of halogens is 1. The third kappa shape index (κ3) is 7.11. The number of hydrogen-bond acceptors (Lipinski definition) is 2. The highest BCUT2D eigenvalue weighted by Gasteiger charge is 2.12. The molecule has 0 heterocycles. The van der Waals surface area contributed by atoms with Crippen LogP contribution in [0.25, 0.3) is 0 Å². The molecule has 0 bridgehead atoms. The van der Waals surface area contributed by atoms with E-state index in [9.17, 15) is 9.59 Å². The average molecular weight is 313 g/mol. The second kappa shape index (κ2) is 9.37. The van der Waals surface area contributed by atoms with Gasteiger partial charge in [0.05, 0.1) is 6.54 Å².